The number of hydrogen-bond acceptors (Lipinski definition) is 4. The lowest BCUT2D eigenvalue weighted by molar-refractivity contribution is -0.207. The second kappa shape index (κ2) is 8.89. The van der Waals surface area contributed by atoms with Crippen LogP contribution >= 0.6 is 0 Å². The first-order chi connectivity index (χ1) is 12.5. The monoisotopic (exact) mass is 362 g/mol. The number of aliphatic hydroxyl groups excluding tert-OH is 1. The molecule has 0 aromatic carbocycles. The molecule has 2 saturated heterocycles. The average Bonchev–Trinajstić information content (AvgIpc) is 3.09. The van der Waals surface area contributed by atoms with Crippen molar-refractivity contribution in [2.24, 2.45) is 17.8 Å². The molecular weight excluding hydrogens is 328 g/mol. The highest BCUT2D eigenvalue weighted by molar-refractivity contribution is 5.10. The van der Waals surface area contributed by atoms with Gasteiger partial charge in [-0.05, 0) is 63.7 Å². The summed E-state index contributed by atoms with van der Waals surface area (Å²) in [6.45, 7) is 7.10. The topological polar surface area (TPSA) is 47.9 Å². The third kappa shape index (κ3) is 4.89. The molecular formula is C22H34O4. The van der Waals surface area contributed by atoms with E-state index in [0.717, 1.165) is 51.6 Å². The van der Waals surface area contributed by atoms with Gasteiger partial charge in [-0.15, -0.1) is 11.8 Å². The van der Waals surface area contributed by atoms with Gasteiger partial charge in [0.2, 0.25) is 0 Å². The summed E-state index contributed by atoms with van der Waals surface area (Å²) < 4.78 is 17.9. The number of ether oxygens (including phenoxy) is 3. The highest BCUT2D eigenvalue weighted by Crippen LogP contribution is 2.46. The Labute approximate surface area is 158 Å². The molecule has 0 aromatic rings. The maximum Gasteiger partial charge on any atom is 0.158 e. The summed E-state index contributed by atoms with van der Waals surface area (Å²) in [6, 6.07) is 0. The lowest BCUT2D eigenvalue weighted by Gasteiger charge is -2.34. The van der Waals surface area contributed by atoms with E-state index in [9.17, 15) is 5.11 Å². The molecule has 0 bridgehead atoms. The SMILES string of the molecule is CC#CCCC(C)(/C=C/[C@@H]1[C@H]2CC(O)O[C@H]2C[C@H]1C)OC1CCCCO1. The smallest absolute Gasteiger partial charge is 0.158 e. The van der Waals surface area contributed by atoms with Gasteiger partial charge >= 0.3 is 0 Å². The highest BCUT2D eigenvalue weighted by Gasteiger charge is 2.46. The van der Waals surface area contributed by atoms with Crippen LogP contribution in [-0.2, 0) is 14.2 Å². The Balaban J connectivity index is 1.68. The minimum Gasteiger partial charge on any atom is -0.368 e. The maximum atomic E-state index is 9.82. The van der Waals surface area contributed by atoms with Crippen molar-refractivity contribution in [3.05, 3.63) is 12.2 Å². The van der Waals surface area contributed by atoms with Gasteiger partial charge in [-0.3, -0.25) is 0 Å². The predicted octanol–water partition coefficient (Wildman–Crippen LogP) is 4.03. The fourth-order valence-electron chi connectivity index (χ4n) is 4.69. The third-order valence-electron chi connectivity index (χ3n) is 6.17. The van der Waals surface area contributed by atoms with Crippen LogP contribution in [0.2, 0.25) is 0 Å². The first-order valence-corrected chi connectivity index (χ1v) is 10.2. The van der Waals surface area contributed by atoms with Gasteiger partial charge in [0.15, 0.2) is 12.6 Å². The van der Waals surface area contributed by atoms with Gasteiger partial charge in [-0.2, -0.15) is 0 Å². The van der Waals surface area contributed by atoms with E-state index in [1.54, 1.807) is 0 Å². The summed E-state index contributed by atoms with van der Waals surface area (Å²) in [4.78, 5) is 0. The van der Waals surface area contributed by atoms with Crippen LogP contribution in [0.5, 0.6) is 0 Å². The Morgan fingerprint density at radius 2 is 2.15 bits per heavy atom. The van der Waals surface area contributed by atoms with Gasteiger partial charge in [0, 0.05) is 19.4 Å². The van der Waals surface area contributed by atoms with Crippen molar-refractivity contribution in [2.75, 3.05) is 6.61 Å². The van der Waals surface area contributed by atoms with Crippen LogP contribution in [0.3, 0.4) is 0 Å². The fraction of sp³-hybridized carbons (Fsp3) is 0.818. The van der Waals surface area contributed by atoms with E-state index < -0.39 is 6.29 Å². The minimum absolute atomic E-state index is 0.113. The molecule has 1 N–H and O–H groups in total. The minimum atomic E-state index is -0.591. The summed E-state index contributed by atoms with van der Waals surface area (Å²) in [6.07, 6.45) is 10.8. The predicted molar refractivity (Wildman–Crippen MR) is 101 cm³/mol. The van der Waals surface area contributed by atoms with E-state index in [-0.39, 0.29) is 18.0 Å². The van der Waals surface area contributed by atoms with Crippen molar-refractivity contribution in [3.8, 4) is 11.8 Å². The maximum absolute atomic E-state index is 9.82. The molecule has 0 aromatic heterocycles. The molecule has 3 aliphatic rings. The van der Waals surface area contributed by atoms with Crippen molar-refractivity contribution < 1.29 is 19.3 Å². The van der Waals surface area contributed by atoms with Crippen molar-refractivity contribution in [2.45, 2.75) is 90.0 Å². The summed E-state index contributed by atoms with van der Waals surface area (Å²) in [5.74, 6) is 7.56. The fourth-order valence-corrected chi connectivity index (χ4v) is 4.69. The molecule has 146 valence electrons. The van der Waals surface area contributed by atoms with Gasteiger partial charge in [-0.25, -0.2) is 0 Å². The van der Waals surface area contributed by atoms with Crippen molar-refractivity contribution >= 4 is 0 Å². The van der Waals surface area contributed by atoms with Crippen LogP contribution in [0.1, 0.15) is 65.7 Å². The van der Waals surface area contributed by atoms with Gasteiger partial charge < -0.3 is 19.3 Å². The first-order valence-electron chi connectivity index (χ1n) is 10.2. The Morgan fingerprint density at radius 1 is 1.31 bits per heavy atom. The zero-order chi connectivity index (χ0) is 18.6. The van der Waals surface area contributed by atoms with Crippen molar-refractivity contribution in [1.82, 2.24) is 0 Å². The van der Waals surface area contributed by atoms with Gasteiger partial charge in [0.25, 0.3) is 0 Å². The van der Waals surface area contributed by atoms with Crippen LogP contribution in [0.15, 0.2) is 12.2 Å². The Morgan fingerprint density at radius 3 is 2.88 bits per heavy atom. The first kappa shape index (κ1) is 19.9. The summed E-state index contributed by atoms with van der Waals surface area (Å²) in [5.41, 5.74) is -0.373. The summed E-state index contributed by atoms with van der Waals surface area (Å²) >= 11 is 0. The number of hydrogen-bond donors (Lipinski definition) is 1. The van der Waals surface area contributed by atoms with Crippen LogP contribution in [0, 0.1) is 29.6 Å². The van der Waals surface area contributed by atoms with Crippen molar-refractivity contribution in [1.29, 1.82) is 0 Å². The quantitative estimate of drug-likeness (QED) is 0.572. The standard InChI is InChI=1S/C22H34O4/c1-4-5-7-11-22(3,26-21-9-6-8-13-24-21)12-10-17-16(2)14-19-18(17)15-20(23)25-19/h10,12,16-21,23H,6-9,11,13-15H2,1-3H3/b12-10+/t16-,17+,18-,19+,20?,21?,22?/m1/s1. The Kier molecular flexibility index (Phi) is 6.80. The second-order valence-corrected chi connectivity index (χ2v) is 8.33. The molecule has 0 spiro atoms. The lowest BCUT2D eigenvalue weighted by Crippen LogP contribution is -2.35. The zero-order valence-corrected chi connectivity index (χ0v) is 16.4. The van der Waals surface area contributed by atoms with Gasteiger partial charge in [0.1, 0.15) is 0 Å². The van der Waals surface area contributed by atoms with E-state index in [1.165, 1.54) is 0 Å². The summed E-state index contributed by atoms with van der Waals surface area (Å²) in [7, 11) is 0. The largest absolute Gasteiger partial charge is 0.368 e. The van der Waals surface area contributed by atoms with Crippen LogP contribution < -0.4 is 0 Å². The Hall–Kier alpha value is -0.860. The molecule has 2 heterocycles. The molecule has 4 heteroatoms. The molecule has 0 radical (unpaired) electrons. The molecule has 7 atom stereocenters. The molecule has 26 heavy (non-hydrogen) atoms. The third-order valence-corrected chi connectivity index (χ3v) is 6.17. The molecule has 3 fully saturated rings. The van der Waals surface area contributed by atoms with Gasteiger partial charge in [-0.1, -0.05) is 19.1 Å². The molecule has 3 unspecified atom stereocenters. The normalized spacial score (nSPS) is 39.4. The second-order valence-electron chi connectivity index (χ2n) is 8.33. The number of aliphatic hydroxyl groups is 1. The summed E-state index contributed by atoms with van der Waals surface area (Å²) in [5, 5.41) is 9.82. The molecule has 2 aliphatic heterocycles. The molecule has 1 saturated carbocycles. The number of rotatable bonds is 6. The van der Waals surface area contributed by atoms with E-state index in [1.807, 2.05) is 6.92 Å². The molecule has 3 rings (SSSR count). The molecule has 1 aliphatic carbocycles. The van der Waals surface area contributed by atoms with Crippen molar-refractivity contribution in [3.63, 3.8) is 0 Å². The number of fused-ring (bicyclic) bond motifs is 1. The Bertz CT molecular complexity index is 542. The van der Waals surface area contributed by atoms with E-state index >= 15 is 0 Å². The van der Waals surface area contributed by atoms with E-state index in [4.69, 9.17) is 14.2 Å². The van der Waals surface area contributed by atoms with E-state index in [0.29, 0.717) is 17.8 Å². The highest BCUT2D eigenvalue weighted by atomic mass is 16.7. The average molecular weight is 363 g/mol. The lowest BCUT2D eigenvalue weighted by atomic mass is 9.86. The van der Waals surface area contributed by atoms with Crippen LogP contribution in [-0.4, -0.2) is 36.0 Å². The van der Waals surface area contributed by atoms with Gasteiger partial charge in [0.05, 0.1) is 11.7 Å². The van der Waals surface area contributed by atoms with E-state index in [2.05, 4.69) is 37.8 Å². The number of allylic oxidation sites excluding steroid dienone is 1. The van der Waals surface area contributed by atoms with Crippen LogP contribution in [0.25, 0.3) is 0 Å². The van der Waals surface area contributed by atoms with Crippen LogP contribution in [0.4, 0.5) is 0 Å². The molecule has 0 amide bonds. The zero-order valence-electron chi connectivity index (χ0n) is 16.4. The molecule has 4 nitrogen and oxygen atoms in total.